The summed E-state index contributed by atoms with van der Waals surface area (Å²) >= 11 is 6.29. The van der Waals surface area contributed by atoms with Crippen LogP contribution < -0.4 is 5.32 Å². The quantitative estimate of drug-likeness (QED) is 0.532. The highest BCUT2D eigenvalue weighted by molar-refractivity contribution is 9.10. The van der Waals surface area contributed by atoms with Crippen molar-refractivity contribution in [2.24, 2.45) is 0 Å². The Morgan fingerprint density at radius 2 is 2.14 bits per heavy atom. The zero-order chi connectivity index (χ0) is 20.8. The number of ether oxygens (including phenoxy) is 1. The third-order valence-electron chi connectivity index (χ3n) is 4.38. The number of fused-ring (bicyclic) bond motifs is 1. The van der Waals surface area contributed by atoms with Crippen molar-refractivity contribution in [3.63, 3.8) is 0 Å². The lowest BCUT2D eigenvalue weighted by atomic mass is 10.2. The first-order valence-electron chi connectivity index (χ1n) is 8.56. The number of hydrogen-bond acceptors (Lipinski definition) is 5. The van der Waals surface area contributed by atoms with E-state index >= 15 is 0 Å². The highest BCUT2D eigenvalue weighted by Crippen LogP contribution is 2.35. The Hall–Kier alpha value is -1.92. The second-order valence-corrected chi connectivity index (χ2v) is 7.95. The van der Waals surface area contributed by atoms with Crippen LogP contribution in [0.1, 0.15) is 29.0 Å². The number of furan rings is 1. The van der Waals surface area contributed by atoms with Gasteiger partial charge in [0.05, 0.1) is 10.6 Å². The van der Waals surface area contributed by atoms with Gasteiger partial charge in [-0.3, -0.25) is 4.79 Å². The molecular weight excluding hydrogens is 525 g/mol. The number of amides is 1. The molecular formula is C17H13Br2F3N4O3. The zero-order valence-electron chi connectivity index (χ0n) is 14.6. The van der Waals surface area contributed by atoms with Gasteiger partial charge >= 0.3 is 6.18 Å². The number of hydrogen-bond donors (Lipinski definition) is 1. The average molecular weight is 538 g/mol. The van der Waals surface area contributed by atoms with Crippen LogP contribution in [0.5, 0.6) is 0 Å². The molecule has 1 amide bonds. The van der Waals surface area contributed by atoms with E-state index < -0.39 is 17.8 Å². The fourth-order valence-electron chi connectivity index (χ4n) is 3.01. The van der Waals surface area contributed by atoms with Gasteiger partial charge in [0.1, 0.15) is 5.69 Å². The van der Waals surface area contributed by atoms with Crippen LogP contribution in [0.25, 0.3) is 17.1 Å². The van der Waals surface area contributed by atoms with Crippen LogP contribution >= 0.6 is 31.9 Å². The van der Waals surface area contributed by atoms with Crippen molar-refractivity contribution in [3.05, 3.63) is 38.7 Å². The summed E-state index contributed by atoms with van der Waals surface area (Å²) in [6.45, 7) is 0.882. The van der Waals surface area contributed by atoms with Gasteiger partial charge in [-0.25, -0.2) is 9.50 Å². The third-order valence-corrected chi connectivity index (χ3v) is 5.53. The Balaban J connectivity index is 1.75. The molecule has 0 saturated carbocycles. The lowest BCUT2D eigenvalue weighted by molar-refractivity contribution is -0.142. The predicted octanol–water partition coefficient (Wildman–Crippen LogP) is 4.44. The summed E-state index contributed by atoms with van der Waals surface area (Å²) in [5.74, 6) is -0.476. The minimum Gasteiger partial charge on any atom is -0.448 e. The molecule has 1 fully saturated rings. The topological polar surface area (TPSA) is 81.7 Å². The normalized spacial score (nSPS) is 17.2. The van der Waals surface area contributed by atoms with Crippen LogP contribution in [0.2, 0.25) is 0 Å². The van der Waals surface area contributed by atoms with Crippen molar-refractivity contribution >= 4 is 43.4 Å². The number of alkyl halides is 3. The number of nitrogens with one attached hydrogen (secondary N) is 1. The number of nitrogens with zero attached hydrogens (tertiary/aromatic N) is 3. The van der Waals surface area contributed by atoms with Gasteiger partial charge in [-0.2, -0.15) is 18.3 Å². The van der Waals surface area contributed by atoms with Gasteiger partial charge < -0.3 is 14.5 Å². The van der Waals surface area contributed by atoms with Crippen molar-refractivity contribution < 1.29 is 27.1 Å². The molecule has 4 rings (SSSR count). The summed E-state index contributed by atoms with van der Waals surface area (Å²) in [5.41, 5.74) is -1.46. The van der Waals surface area contributed by atoms with Crippen molar-refractivity contribution in [2.45, 2.75) is 25.1 Å². The molecule has 154 valence electrons. The molecule has 3 aromatic rings. The molecule has 0 bridgehead atoms. The van der Waals surface area contributed by atoms with E-state index in [0.29, 0.717) is 15.8 Å². The van der Waals surface area contributed by atoms with E-state index in [9.17, 15) is 18.0 Å². The second-order valence-electron chi connectivity index (χ2n) is 6.37. The first kappa shape index (κ1) is 20.4. The van der Waals surface area contributed by atoms with E-state index in [0.717, 1.165) is 18.9 Å². The fraction of sp³-hybridized carbons (Fsp3) is 0.353. The fourth-order valence-corrected chi connectivity index (χ4v) is 3.83. The summed E-state index contributed by atoms with van der Waals surface area (Å²) in [5, 5.41) is 6.51. The molecule has 0 unspecified atom stereocenters. The third kappa shape index (κ3) is 4.05. The maximum absolute atomic E-state index is 13.7. The molecule has 0 aromatic carbocycles. The summed E-state index contributed by atoms with van der Waals surface area (Å²) in [7, 11) is 0. The first-order valence-corrected chi connectivity index (χ1v) is 10.1. The van der Waals surface area contributed by atoms with Gasteiger partial charge in [-0.1, -0.05) is 0 Å². The van der Waals surface area contributed by atoms with E-state index in [4.69, 9.17) is 9.15 Å². The van der Waals surface area contributed by atoms with Gasteiger partial charge in [-0.05, 0) is 62.9 Å². The van der Waals surface area contributed by atoms with Crippen LogP contribution in [0, 0.1) is 0 Å². The Labute approximate surface area is 178 Å². The van der Waals surface area contributed by atoms with Crippen LogP contribution in [0.15, 0.2) is 31.8 Å². The molecule has 0 spiro atoms. The van der Waals surface area contributed by atoms with Crippen LogP contribution in [0.4, 0.5) is 13.2 Å². The minimum absolute atomic E-state index is 0.0394. The number of rotatable bonds is 4. The maximum atomic E-state index is 13.7. The molecule has 1 aliphatic rings. The van der Waals surface area contributed by atoms with Gasteiger partial charge in [0.25, 0.3) is 5.91 Å². The standard InChI is InChI=1S/C17H13Br2F3N4O3/c18-12-4-3-10(29-12)9-6-11(17(20,21)22)26-15(24-9)13(19)14(25-26)16(27)23-7-8-2-1-5-28-8/h3-4,6,8H,1-2,5,7H2,(H,23,27)/t8-/m1/s1. The highest BCUT2D eigenvalue weighted by atomic mass is 79.9. The summed E-state index contributed by atoms with van der Waals surface area (Å²) in [4.78, 5) is 16.7. The van der Waals surface area contributed by atoms with Gasteiger partial charge in [0.2, 0.25) is 0 Å². The van der Waals surface area contributed by atoms with E-state index in [2.05, 4.69) is 47.3 Å². The SMILES string of the molecule is O=C(NC[C@H]1CCCO1)c1nn2c(C(F)(F)F)cc(-c3ccc(Br)o3)nc2c1Br. The number of aromatic nitrogens is 3. The molecule has 4 heterocycles. The smallest absolute Gasteiger partial charge is 0.433 e. The first-order chi connectivity index (χ1) is 13.7. The molecule has 29 heavy (non-hydrogen) atoms. The number of halogens is 5. The van der Waals surface area contributed by atoms with Gasteiger partial charge in [0, 0.05) is 13.2 Å². The van der Waals surface area contributed by atoms with Gasteiger partial charge in [-0.15, -0.1) is 0 Å². The molecule has 0 aliphatic carbocycles. The summed E-state index contributed by atoms with van der Waals surface area (Å²) in [6.07, 6.45) is -3.11. The molecule has 1 aliphatic heterocycles. The minimum atomic E-state index is -4.73. The molecule has 1 saturated heterocycles. The maximum Gasteiger partial charge on any atom is 0.433 e. The van der Waals surface area contributed by atoms with Gasteiger partial charge in [0.15, 0.2) is 27.5 Å². The Kier molecular flexibility index (Phi) is 5.42. The second kappa shape index (κ2) is 7.73. The number of carbonyl (C=O) groups is 1. The zero-order valence-corrected chi connectivity index (χ0v) is 17.8. The Morgan fingerprint density at radius 1 is 1.34 bits per heavy atom. The summed E-state index contributed by atoms with van der Waals surface area (Å²) in [6, 6.07) is 3.86. The Morgan fingerprint density at radius 3 is 2.76 bits per heavy atom. The molecule has 0 radical (unpaired) electrons. The molecule has 1 N–H and O–H groups in total. The van der Waals surface area contributed by atoms with E-state index in [-0.39, 0.29) is 39.9 Å². The largest absolute Gasteiger partial charge is 0.448 e. The highest BCUT2D eigenvalue weighted by Gasteiger charge is 2.37. The van der Waals surface area contributed by atoms with E-state index in [1.54, 1.807) is 6.07 Å². The molecule has 3 aromatic heterocycles. The van der Waals surface area contributed by atoms with E-state index in [1.807, 2.05) is 0 Å². The lowest BCUT2D eigenvalue weighted by Crippen LogP contribution is -2.32. The summed E-state index contributed by atoms with van der Waals surface area (Å²) < 4.78 is 52.7. The van der Waals surface area contributed by atoms with Crippen LogP contribution in [-0.4, -0.2) is 39.8 Å². The van der Waals surface area contributed by atoms with E-state index in [1.165, 1.54) is 6.07 Å². The van der Waals surface area contributed by atoms with Crippen molar-refractivity contribution in [3.8, 4) is 11.5 Å². The van der Waals surface area contributed by atoms with Crippen molar-refractivity contribution in [2.75, 3.05) is 13.2 Å². The average Bonchev–Trinajstić information content (AvgIpc) is 3.39. The van der Waals surface area contributed by atoms with Crippen molar-refractivity contribution in [1.29, 1.82) is 0 Å². The molecule has 12 heteroatoms. The Bertz CT molecular complexity index is 1070. The lowest BCUT2D eigenvalue weighted by Gasteiger charge is -2.10. The van der Waals surface area contributed by atoms with Crippen molar-refractivity contribution in [1.82, 2.24) is 19.9 Å². The van der Waals surface area contributed by atoms with Crippen LogP contribution in [-0.2, 0) is 10.9 Å². The molecule has 1 atom stereocenters. The molecule has 7 nitrogen and oxygen atoms in total. The monoisotopic (exact) mass is 536 g/mol. The number of carbonyl (C=O) groups excluding carboxylic acids is 1. The predicted molar refractivity (Wildman–Crippen MR) is 102 cm³/mol. The van der Waals surface area contributed by atoms with Crippen LogP contribution in [0.3, 0.4) is 0 Å².